The van der Waals surface area contributed by atoms with Crippen LogP contribution in [0, 0.1) is 5.92 Å². The topological polar surface area (TPSA) is 109 Å². The Morgan fingerprint density at radius 3 is 2.22 bits per heavy atom. The van der Waals surface area contributed by atoms with Crippen LogP contribution in [0.4, 0.5) is 0 Å². The predicted octanol–water partition coefficient (Wildman–Crippen LogP) is 3.75. The van der Waals surface area contributed by atoms with Gasteiger partial charge in [-0.15, -0.1) is 0 Å². The second-order valence-corrected chi connectivity index (χ2v) is 10.2. The van der Waals surface area contributed by atoms with Crippen LogP contribution in [-0.2, 0) is 20.8 Å². The lowest BCUT2D eigenvalue weighted by Crippen LogP contribution is -2.59. The summed E-state index contributed by atoms with van der Waals surface area (Å²) in [5, 5.41) is 11.8. The molecule has 1 unspecified atom stereocenters. The fraction of sp³-hybridized carbons (Fsp3) is 0.303. The number of carbonyl (C=O) groups is 3. The zero-order valence-corrected chi connectivity index (χ0v) is 23.7. The number of carbonyl (C=O) groups excluding carboxylic acids is 3. The molecule has 8 nitrogen and oxygen atoms in total. The van der Waals surface area contributed by atoms with Crippen LogP contribution in [0.2, 0.25) is 0 Å². The summed E-state index contributed by atoms with van der Waals surface area (Å²) in [6, 6.07) is 23.7. The minimum atomic E-state index is -1.14. The van der Waals surface area contributed by atoms with Crippen LogP contribution in [0.15, 0.2) is 91.1 Å². The summed E-state index contributed by atoms with van der Waals surface area (Å²) in [5.41, 5.74) is 2.56. The minimum absolute atomic E-state index is 0.158. The third-order valence-corrected chi connectivity index (χ3v) is 7.40. The predicted molar refractivity (Wildman–Crippen MR) is 160 cm³/mol. The molecule has 2 heterocycles. The zero-order valence-electron chi connectivity index (χ0n) is 23.7. The Bertz CT molecular complexity index is 1330. The molecular weight excluding hydrogens is 516 g/mol. The normalized spacial score (nSPS) is 21.4. The number of amides is 3. The molecule has 0 saturated carbocycles. The van der Waals surface area contributed by atoms with Gasteiger partial charge in [-0.25, -0.2) is 0 Å². The fourth-order valence-corrected chi connectivity index (χ4v) is 4.74. The van der Waals surface area contributed by atoms with Gasteiger partial charge in [0, 0.05) is 6.20 Å². The van der Waals surface area contributed by atoms with Gasteiger partial charge in [-0.05, 0) is 54.3 Å². The van der Waals surface area contributed by atoms with E-state index in [4.69, 9.17) is 4.74 Å². The summed E-state index contributed by atoms with van der Waals surface area (Å²) in [5.74, 6) is -0.826. The van der Waals surface area contributed by atoms with Crippen LogP contribution < -0.4 is 26.0 Å². The van der Waals surface area contributed by atoms with Crippen LogP contribution in [-0.4, -0.2) is 42.9 Å². The lowest BCUT2D eigenvalue weighted by molar-refractivity contribution is -0.135. The molecule has 0 aliphatic carbocycles. The number of rotatable bonds is 8. The highest BCUT2D eigenvalue weighted by atomic mass is 16.5. The summed E-state index contributed by atoms with van der Waals surface area (Å²) in [6.07, 6.45) is 3.57. The first-order valence-corrected chi connectivity index (χ1v) is 14.0. The number of hydrogen-bond donors (Lipinski definition) is 4. The largest absolute Gasteiger partial charge is 0.483 e. The van der Waals surface area contributed by atoms with Crippen molar-refractivity contribution in [3.05, 3.63) is 108 Å². The van der Waals surface area contributed by atoms with Gasteiger partial charge in [-0.3, -0.25) is 14.4 Å². The van der Waals surface area contributed by atoms with Crippen molar-refractivity contribution in [2.75, 3.05) is 7.05 Å². The van der Waals surface area contributed by atoms with Crippen molar-refractivity contribution >= 4 is 23.8 Å². The first kappa shape index (κ1) is 29.6. The van der Waals surface area contributed by atoms with E-state index in [0.29, 0.717) is 24.2 Å². The molecule has 0 fully saturated rings. The maximum atomic E-state index is 14.1. The molecule has 2 bridgehead atoms. The first-order valence-electron chi connectivity index (χ1n) is 14.0. The summed E-state index contributed by atoms with van der Waals surface area (Å²) >= 11 is 0. The van der Waals surface area contributed by atoms with Crippen LogP contribution in [0.1, 0.15) is 43.1 Å². The SMILES string of the molecule is CCC(C)[C@@H]1NC(=O)[C@@H](NC(=O)[C@H](Cc2ccccc2)NC)[C@@H](c2ccccc2)Oc2ccc(cc2)/C=C\NC1=O. The molecule has 41 heavy (non-hydrogen) atoms. The number of fused-ring (bicyclic) bond motifs is 10. The van der Waals surface area contributed by atoms with Crippen molar-refractivity contribution in [2.24, 2.45) is 5.92 Å². The van der Waals surface area contributed by atoms with Crippen molar-refractivity contribution in [3.8, 4) is 5.75 Å². The molecule has 0 aromatic heterocycles. The van der Waals surface area contributed by atoms with Gasteiger partial charge in [-0.2, -0.15) is 0 Å². The molecule has 214 valence electrons. The van der Waals surface area contributed by atoms with Crippen molar-refractivity contribution in [2.45, 2.75) is 50.9 Å². The summed E-state index contributed by atoms with van der Waals surface area (Å²) < 4.78 is 6.44. The third-order valence-electron chi connectivity index (χ3n) is 7.40. The Morgan fingerprint density at radius 2 is 1.59 bits per heavy atom. The maximum Gasteiger partial charge on any atom is 0.247 e. The van der Waals surface area contributed by atoms with E-state index in [-0.39, 0.29) is 17.7 Å². The average Bonchev–Trinajstić information content (AvgIpc) is 3.01. The van der Waals surface area contributed by atoms with Crippen molar-refractivity contribution in [1.82, 2.24) is 21.3 Å². The van der Waals surface area contributed by atoms with Gasteiger partial charge in [0.1, 0.15) is 17.8 Å². The van der Waals surface area contributed by atoms with Crippen molar-refractivity contribution < 1.29 is 19.1 Å². The number of nitrogens with one attached hydrogen (secondary N) is 4. The zero-order chi connectivity index (χ0) is 29.2. The lowest BCUT2D eigenvalue weighted by atomic mass is 9.95. The Kier molecular flexibility index (Phi) is 10.3. The van der Waals surface area contributed by atoms with E-state index in [0.717, 1.165) is 11.1 Å². The average molecular weight is 555 g/mol. The van der Waals surface area contributed by atoms with Gasteiger partial charge in [0.05, 0.1) is 6.04 Å². The van der Waals surface area contributed by atoms with Crippen LogP contribution >= 0.6 is 0 Å². The molecule has 0 spiro atoms. The van der Waals surface area contributed by atoms with E-state index in [1.807, 2.05) is 86.6 Å². The van der Waals surface area contributed by atoms with E-state index < -0.39 is 30.1 Å². The number of benzene rings is 3. The van der Waals surface area contributed by atoms with Gasteiger partial charge in [0.2, 0.25) is 17.7 Å². The van der Waals surface area contributed by atoms with E-state index in [9.17, 15) is 14.4 Å². The first-order chi connectivity index (χ1) is 19.9. The Morgan fingerprint density at radius 1 is 0.927 bits per heavy atom. The van der Waals surface area contributed by atoms with Crippen LogP contribution in [0.5, 0.6) is 5.75 Å². The summed E-state index contributed by atoms with van der Waals surface area (Å²) in [6.45, 7) is 3.87. The summed E-state index contributed by atoms with van der Waals surface area (Å²) in [7, 11) is 1.71. The molecule has 8 heteroatoms. The van der Waals surface area contributed by atoms with Crippen molar-refractivity contribution in [1.29, 1.82) is 0 Å². The second-order valence-electron chi connectivity index (χ2n) is 10.2. The molecule has 2 aliphatic rings. The fourth-order valence-electron chi connectivity index (χ4n) is 4.74. The van der Waals surface area contributed by atoms with E-state index in [1.54, 1.807) is 31.5 Å². The molecule has 0 radical (unpaired) electrons. The van der Waals surface area contributed by atoms with E-state index in [2.05, 4.69) is 21.3 Å². The molecule has 0 saturated heterocycles. The van der Waals surface area contributed by atoms with E-state index >= 15 is 0 Å². The molecule has 5 rings (SSSR count). The highest BCUT2D eigenvalue weighted by molar-refractivity contribution is 5.94. The monoisotopic (exact) mass is 554 g/mol. The van der Waals surface area contributed by atoms with Gasteiger partial charge in [-0.1, -0.05) is 93.1 Å². The lowest BCUT2D eigenvalue weighted by Gasteiger charge is -2.32. The minimum Gasteiger partial charge on any atom is -0.483 e. The van der Waals surface area contributed by atoms with Gasteiger partial charge in [0.15, 0.2) is 6.10 Å². The highest BCUT2D eigenvalue weighted by Crippen LogP contribution is 2.27. The second kappa shape index (κ2) is 14.3. The molecule has 3 aromatic carbocycles. The Balaban J connectivity index is 1.75. The van der Waals surface area contributed by atoms with Crippen LogP contribution in [0.3, 0.4) is 0 Å². The number of ether oxygens (including phenoxy) is 1. The van der Waals surface area contributed by atoms with Gasteiger partial charge < -0.3 is 26.0 Å². The molecule has 3 aromatic rings. The van der Waals surface area contributed by atoms with Crippen molar-refractivity contribution in [3.63, 3.8) is 0 Å². The number of hydrogen-bond acceptors (Lipinski definition) is 5. The number of likely N-dealkylation sites (N-methyl/N-ethyl adjacent to an activating group) is 1. The molecule has 3 amide bonds. The van der Waals surface area contributed by atoms with E-state index in [1.165, 1.54) is 0 Å². The Hall–Kier alpha value is -4.43. The van der Waals surface area contributed by atoms with Gasteiger partial charge >= 0.3 is 0 Å². The van der Waals surface area contributed by atoms with Crippen LogP contribution in [0.25, 0.3) is 6.08 Å². The molecule has 2 aliphatic heterocycles. The smallest absolute Gasteiger partial charge is 0.247 e. The van der Waals surface area contributed by atoms with Gasteiger partial charge in [0.25, 0.3) is 0 Å². The molecule has 5 atom stereocenters. The standard InChI is InChI=1S/C33H38N4O4/c1-4-22(2)28-32(39)35-20-19-23-15-17-26(18-16-23)41-30(25-13-9-6-10-14-25)29(33(40)36-28)37-31(38)27(34-3)21-24-11-7-5-8-12-24/h5-20,22,27-30,34H,4,21H2,1-3H3,(H,35,39)(H,36,40)(H,37,38)/b20-19-/t22?,27-,28-,29-,30+/m0/s1. The maximum absolute atomic E-state index is 14.1. The molecule has 4 N–H and O–H groups in total. The Labute approximate surface area is 241 Å². The summed E-state index contributed by atoms with van der Waals surface area (Å²) in [4.78, 5) is 41.0. The quantitative estimate of drug-likeness (QED) is 0.339. The third kappa shape index (κ3) is 7.83. The molecular formula is C33H38N4O4. The highest BCUT2D eigenvalue weighted by Gasteiger charge is 2.37.